The van der Waals surface area contributed by atoms with Gasteiger partial charge in [-0.05, 0) is 36.8 Å². The third kappa shape index (κ3) is 4.57. The molecule has 8 heteroatoms. The summed E-state index contributed by atoms with van der Waals surface area (Å²) in [6.45, 7) is 5.60. The van der Waals surface area contributed by atoms with Gasteiger partial charge in [0.15, 0.2) is 5.13 Å². The number of pyridine rings is 1. The van der Waals surface area contributed by atoms with Crippen molar-refractivity contribution in [1.82, 2.24) is 15.3 Å². The van der Waals surface area contributed by atoms with E-state index in [9.17, 15) is 4.79 Å². The number of thiazole rings is 1. The number of piperazine rings is 1. The average Bonchev–Trinajstić information content (AvgIpc) is 3.29. The molecule has 2 N–H and O–H groups in total. The fraction of sp³-hybridized carbons (Fsp3) is 0.261. The number of hydrogen-bond acceptors (Lipinski definition) is 6. The van der Waals surface area contributed by atoms with Crippen LogP contribution < -0.4 is 15.5 Å². The Bertz CT molecular complexity index is 1100. The molecule has 0 spiro atoms. The van der Waals surface area contributed by atoms with Crippen molar-refractivity contribution in [3.8, 4) is 12.3 Å². The first kappa shape index (κ1) is 21.3. The number of terminal acetylenes is 1. The van der Waals surface area contributed by atoms with Crippen LogP contribution >= 0.6 is 22.9 Å². The first-order chi connectivity index (χ1) is 15.0. The monoisotopic (exact) mass is 451 g/mol. The number of rotatable bonds is 5. The van der Waals surface area contributed by atoms with Crippen LogP contribution in [0.15, 0.2) is 48.0 Å². The van der Waals surface area contributed by atoms with Gasteiger partial charge in [-0.15, -0.1) is 17.8 Å². The fourth-order valence-corrected chi connectivity index (χ4v) is 4.36. The number of anilines is 2. The summed E-state index contributed by atoms with van der Waals surface area (Å²) in [7, 11) is 0. The predicted octanol–water partition coefficient (Wildman–Crippen LogP) is 3.79. The van der Waals surface area contributed by atoms with Crippen molar-refractivity contribution in [1.29, 1.82) is 0 Å². The molecule has 158 valence electrons. The van der Waals surface area contributed by atoms with Crippen LogP contribution in [0.4, 0.5) is 10.9 Å². The van der Waals surface area contributed by atoms with Crippen LogP contribution in [0.3, 0.4) is 0 Å². The molecule has 0 saturated carbocycles. The molecule has 0 radical (unpaired) electrons. The van der Waals surface area contributed by atoms with Gasteiger partial charge in [0.1, 0.15) is 5.82 Å². The number of nitrogens with zero attached hydrogens (tertiary/aromatic N) is 3. The van der Waals surface area contributed by atoms with Crippen LogP contribution in [0.2, 0.25) is 5.02 Å². The van der Waals surface area contributed by atoms with E-state index in [1.54, 1.807) is 24.4 Å². The highest BCUT2D eigenvalue weighted by molar-refractivity contribution is 7.14. The molecule has 3 heterocycles. The first-order valence-corrected chi connectivity index (χ1v) is 11.2. The van der Waals surface area contributed by atoms with Crippen molar-refractivity contribution in [2.75, 3.05) is 36.4 Å². The largest absolute Gasteiger partial charge is 0.354 e. The standard InChI is InChI=1S/C23H22ClN5OS/c1-3-23(2,17-5-7-18(24)8-6-17)19-15-31-22(27-19)28-21(30)16-4-9-20(26-14-16)29-12-10-25-11-13-29/h1,4-9,14-15,25H,10-13H2,2H3,(H,27,28,30)/t23-/m0/s1. The highest BCUT2D eigenvalue weighted by atomic mass is 35.5. The number of nitrogens with one attached hydrogen (secondary N) is 2. The SMILES string of the molecule is C#C[C@@](C)(c1ccc(Cl)cc1)c1csc(NC(=O)c2ccc(N3CCNCC3)nc2)n1. The van der Waals surface area contributed by atoms with E-state index in [1.165, 1.54) is 11.3 Å². The molecule has 4 rings (SSSR count). The molecule has 31 heavy (non-hydrogen) atoms. The minimum Gasteiger partial charge on any atom is -0.354 e. The summed E-state index contributed by atoms with van der Waals surface area (Å²) in [5.74, 6) is 3.46. The molecule has 1 atom stereocenters. The predicted molar refractivity (Wildman–Crippen MR) is 126 cm³/mol. The molecule has 6 nitrogen and oxygen atoms in total. The minimum atomic E-state index is -0.726. The molecular formula is C23H22ClN5OS. The summed E-state index contributed by atoms with van der Waals surface area (Å²) in [5.41, 5.74) is 1.37. The Kier molecular flexibility index (Phi) is 6.23. The Morgan fingerprint density at radius 1 is 1.26 bits per heavy atom. The lowest BCUT2D eigenvalue weighted by atomic mass is 9.81. The fourth-order valence-electron chi connectivity index (χ4n) is 3.42. The van der Waals surface area contributed by atoms with Crippen LogP contribution in [0, 0.1) is 12.3 Å². The maximum Gasteiger partial charge on any atom is 0.259 e. The highest BCUT2D eigenvalue weighted by Gasteiger charge is 2.29. The zero-order chi connectivity index (χ0) is 21.8. The van der Waals surface area contributed by atoms with Gasteiger partial charge in [-0.1, -0.05) is 29.7 Å². The zero-order valence-electron chi connectivity index (χ0n) is 17.1. The maximum atomic E-state index is 12.7. The number of carbonyl (C=O) groups excluding carboxylic acids is 1. The van der Waals surface area contributed by atoms with Crippen molar-refractivity contribution in [3.63, 3.8) is 0 Å². The summed E-state index contributed by atoms with van der Waals surface area (Å²) in [4.78, 5) is 23.9. The molecule has 0 aliphatic carbocycles. The van der Waals surface area contributed by atoms with Gasteiger partial charge in [0.2, 0.25) is 0 Å². The van der Waals surface area contributed by atoms with Crippen LogP contribution in [-0.2, 0) is 5.41 Å². The molecule has 1 amide bonds. The minimum absolute atomic E-state index is 0.255. The summed E-state index contributed by atoms with van der Waals surface area (Å²) in [5, 5.41) is 9.17. The van der Waals surface area contributed by atoms with Gasteiger partial charge < -0.3 is 10.2 Å². The second-order valence-electron chi connectivity index (χ2n) is 7.41. The highest BCUT2D eigenvalue weighted by Crippen LogP contribution is 2.34. The van der Waals surface area contributed by atoms with Gasteiger partial charge in [0.25, 0.3) is 5.91 Å². The van der Waals surface area contributed by atoms with Gasteiger partial charge >= 0.3 is 0 Å². The second-order valence-corrected chi connectivity index (χ2v) is 8.70. The molecule has 1 aliphatic rings. The molecule has 0 unspecified atom stereocenters. The van der Waals surface area contributed by atoms with Crippen molar-refractivity contribution in [3.05, 3.63) is 69.8 Å². The second kappa shape index (κ2) is 9.06. The molecule has 3 aromatic rings. The molecule has 2 aromatic heterocycles. The van der Waals surface area contributed by atoms with E-state index in [-0.39, 0.29) is 5.91 Å². The van der Waals surface area contributed by atoms with E-state index in [2.05, 4.69) is 31.4 Å². The average molecular weight is 452 g/mol. The van der Waals surface area contributed by atoms with Crippen LogP contribution in [-0.4, -0.2) is 42.1 Å². The van der Waals surface area contributed by atoms with Gasteiger partial charge in [-0.3, -0.25) is 10.1 Å². The lowest BCUT2D eigenvalue weighted by molar-refractivity contribution is 0.102. The van der Waals surface area contributed by atoms with Crippen LogP contribution in [0.5, 0.6) is 0 Å². The Morgan fingerprint density at radius 2 is 2.00 bits per heavy atom. The van der Waals surface area contributed by atoms with E-state index in [0.717, 1.165) is 37.6 Å². The first-order valence-electron chi connectivity index (χ1n) is 9.92. The number of amides is 1. The Hall–Kier alpha value is -2.92. The molecule has 1 aromatic carbocycles. The molecule has 0 bridgehead atoms. The number of benzene rings is 1. The molecular weight excluding hydrogens is 430 g/mol. The van der Waals surface area contributed by atoms with Gasteiger partial charge in [-0.25, -0.2) is 9.97 Å². The van der Waals surface area contributed by atoms with Gasteiger partial charge in [0, 0.05) is 42.8 Å². The molecule has 1 saturated heterocycles. The number of hydrogen-bond donors (Lipinski definition) is 2. The van der Waals surface area contributed by atoms with E-state index in [0.29, 0.717) is 21.4 Å². The van der Waals surface area contributed by atoms with E-state index in [1.807, 2.05) is 30.5 Å². The Labute approximate surface area is 190 Å². The van der Waals surface area contributed by atoms with Crippen molar-refractivity contribution >= 4 is 39.8 Å². The third-order valence-electron chi connectivity index (χ3n) is 5.40. The van der Waals surface area contributed by atoms with Crippen LogP contribution in [0.25, 0.3) is 0 Å². The smallest absolute Gasteiger partial charge is 0.259 e. The van der Waals surface area contributed by atoms with Gasteiger partial charge in [-0.2, -0.15) is 0 Å². The Balaban J connectivity index is 1.47. The normalized spacial score (nSPS) is 15.7. The quantitative estimate of drug-likeness (QED) is 0.577. The number of halogens is 1. The van der Waals surface area contributed by atoms with Crippen molar-refractivity contribution in [2.45, 2.75) is 12.3 Å². The zero-order valence-corrected chi connectivity index (χ0v) is 18.6. The van der Waals surface area contributed by atoms with Crippen molar-refractivity contribution in [2.24, 2.45) is 0 Å². The van der Waals surface area contributed by atoms with Crippen molar-refractivity contribution < 1.29 is 4.79 Å². The summed E-state index contributed by atoms with van der Waals surface area (Å²) in [6, 6.07) is 11.1. The molecule has 1 fully saturated rings. The lowest BCUT2D eigenvalue weighted by Gasteiger charge is -2.28. The topological polar surface area (TPSA) is 70.2 Å². The van der Waals surface area contributed by atoms with Crippen LogP contribution in [0.1, 0.15) is 28.5 Å². The third-order valence-corrected chi connectivity index (χ3v) is 6.41. The van der Waals surface area contributed by atoms with E-state index in [4.69, 9.17) is 18.0 Å². The molecule has 1 aliphatic heterocycles. The Morgan fingerprint density at radius 3 is 2.65 bits per heavy atom. The number of aromatic nitrogens is 2. The maximum absolute atomic E-state index is 12.7. The summed E-state index contributed by atoms with van der Waals surface area (Å²) < 4.78 is 0. The number of carbonyl (C=O) groups is 1. The summed E-state index contributed by atoms with van der Waals surface area (Å²) in [6.07, 6.45) is 7.46. The van der Waals surface area contributed by atoms with E-state index >= 15 is 0 Å². The van der Waals surface area contributed by atoms with E-state index < -0.39 is 5.41 Å². The van der Waals surface area contributed by atoms with Gasteiger partial charge in [0.05, 0.1) is 16.7 Å². The summed E-state index contributed by atoms with van der Waals surface area (Å²) >= 11 is 7.34. The lowest BCUT2D eigenvalue weighted by Crippen LogP contribution is -2.43.